The van der Waals surface area contributed by atoms with Crippen molar-refractivity contribution in [3.05, 3.63) is 94.4 Å². The van der Waals surface area contributed by atoms with Gasteiger partial charge >= 0.3 is 0 Å². The normalized spacial score (nSPS) is 10.9. The van der Waals surface area contributed by atoms with Crippen LogP contribution in [0.4, 0.5) is 0 Å². The van der Waals surface area contributed by atoms with E-state index in [1.54, 1.807) is 0 Å². The summed E-state index contributed by atoms with van der Waals surface area (Å²) in [6, 6.07) is 29.2. The van der Waals surface area contributed by atoms with E-state index in [1.165, 1.54) is 27.5 Å². The zero-order valence-electron chi connectivity index (χ0n) is 12.8. The SMILES string of the molecule is Clc1ccc(-c2ccc(Br)c3ccccc23)c(-c2ccccc2)c1. The van der Waals surface area contributed by atoms with Crippen LogP contribution >= 0.6 is 27.5 Å². The molecule has 116 valence electrons. The highest BCUT2D eigenvalue weighted by molar-refractivity contribution is 9.10. The molecule has 0 heterocycles. The maximum atomic E-state index is 6.29. The molecule has 0 aromatic heterocycles. The summed E-state index contributed by atoms with van der Waals surface area (Å²) >= 11 is 9.95. The molecule has 0 unspecified atom stereocenters. The van der Waals surface area contributed by atoms with Crippen LogP contribution in [-0.4, -0.2) is 0 Å². The van der Waals surface area contributed by atoms with Gasteiger partial charge in [-0.1, -0.05) is 94.3 Å². The summed E-state index contributed by atoms with van der Waals surface area (Å²) in [6.07, 6.45) is 0. The summed E-state index contributed by atoms with van der Waals surface area (Å²) in [7, 11) is 0. The Labute approximate surface area is 154 Å². The van der Waals surface area contributed by atoms with Crippen molar-refractivity contribution in [3.63, 3.8) is 0 Å². The summed E-state index contributed by atoms with van der Waals surface area (Å²) in [4.78, 5) is 0. The first kappa shape index (κ1) is 15.4. The minimum Gasteiger partial charge on any atom is -0.0843 e. The number of benzene rings is 4. The molecule has 0 N–H and O–H groups in total. The van der Waals surface area contributed by atoms with Gasteiger partial charge in [0.05, 0.1) is 0 Å². The molecule has 0 aliphatic rings. The second-order valence-electron chi connectivity index (χ2n) is 5.70. The van der Waals surface area contributed by atoms with Crippen molar-refractivity contribution in [2.24, 2.45) is 0 Å². The molecule has 24 heavy (non-hydrogen) atoms. The van der Waals surface area contributed by atoms with Crippen molar-refractivity contribution >= 4 is 38.3 Å². The summed E-state index contributed by atoms with van der Waals surface area (Å²) in [5, 5.41) is 3.19. The lowest BCUT2D eigenvalue weighted by molar-refractivity contribution is 1.59. The lowest BCUT2D eigenvalue weighted by Crippen LogP contribution is -1.88. The summed E-state index contributed by atoms with van der Waals surface area (Å²) in [5.74, 6) is 0. The van der Waals surface area contributed by atoms with Gasteiger partial charge in [0, 0.05) is 9.50 Å². The Morgan fingerprint density at radius 1 is 0.583 bits per heavy atom. The quantitative estimate of drug-likeness (QED) is 0.329. The molecule has 0 saturated carbocycles. The Hall–Kier alpha value is -2.09. The first-order valence-electron chi connectivity index (χ1n) is 7.76. The van der Waals surface area contributed by atoms with Crippen molar-refractivity contribution < 1.29 is 0 Å². The molecule has 0 radical (unpaired) electrons. The molecule has 0 fully saturated rings. The van der Waals surface area contributed by atoms with Gasteiger partial charge in [-0.05, 0) is 51.2 Å². The average Bonchev–Trinajstić information content (AvgIpc) is 2.63. The van der Waals surface area contributed by atoms with E-state index in [1.807, 2.05) is 18.2 Å². The van der Waals surface area contributed by atoms with Gasteiger partial charge in [0.25, 0.3) is 0 Å². The third-order valence-electron chi connectivity index (χ3n) is 4.23. The van der Waals surface area contributed by atoms with Crippen LogP contribution in [0.2, 0.25) is 5.02 Å². The van der Waals surface area contributed by atoms with Crippen molar-refractivity contribution in [3.8, 4) is 22.3 Å². The van der Waals surface area contributed by atoms with Crippen LogP contribution in [0.15, 0.2) is 89.4 Å². The summed E-state index contributed by atoms with van der Waals surface area (Å²) < 4.78 is 1.11. The minimum atomic E-state index is 0.749. The highest BCUT2D eigenvalue weighted by Crippen LogP contribution is 2.39. The monoisotopic (exact) mass is 392 g/mol. The van der Waals surface area contributed by atoms with Crippen LogP contribution in [-0.2, 0) is 0 Å². The van der Waals surface area contributed by atoms with E-state index in [0.29, 0.717) is 0 Å². The van der Waals surface area contributed by atoms with Crippen LogP contribution in [0.3, 0.4) is 0 Å². The Morgan fingerprint density at radius 2 is 1.25 bits per heavy atom. The largest absolute Gasteiger partial charge is 0.0843 e. The molecule has 0 nitrogen and oxygen atoms in total. The molecule has 0 saturated heterocycles. The van der Waals surface area contributed by atoms with E-state index in [0.717, 1.165) is 15.1 Å². The van der Waals surface area contributed by atoms with Crippen LogP contribution in [0, 0.1) is 0 Å². The average molecular weight is 394 g/mol. The van der Waals surface area contributed by atoms with Gasteiger partial charge in [0.2, 0.25) is 0 Å². The number of rotatable bonds is 2. The Kier molecular flexibility index (Phi) is 4.13. The third kappa shape index (κ3) is 2.75. The van der Waals surface area contributed by atoms with Gasteiger partial charge in [0.15, 0.2) is 0 Å². The predicted octanol–water partition coefficient (Wildman–Crippen LogP) is 7.59. The standard InChI is InChI=1S/C22H14BrCl/c23-22-13-12-18(17-8-4-5-9-20(17)22)19-11-10-16(24)14-21(19)15-6-2-1-3-7-15/h1-14H. The summed E-state index contributed by atoms with van der Waals surface area (Å²) in [6.45, 7) is 0. The maximum Gasteiger partial charge on any atom is 0.0412 e. The molecule has 2 heteroatoms. The van der Waals surface area contributed by atoms with Crippen molar-refractivity contribution in [1.29, 1.82) is 0 Å². The summed E-state index contributed by atoms with van der Waals surface area (Å²) in [5.41, 5.74) is 4.72. The molecule has 0 atom stereocenters. The highest BCUT2D eigenvalue weighted by atomic mass is 79.9. The van der Waals surface area contributed by atoms with E-state index in [9.17, 15) is 0 Å². The lowest BCUT2D eigenvalue weighted by Gasteiger charge is -2.14. The predicted molar refractivity (Wildman–Crippen MR) is 108 cm³/mol. The van der Waals surface area contributed by atoms with E-state index >= 15 is 0 Å². The Balaban J connectivity index is 2.04. The van der Waals surface area contributed by atoms with Crippen LogP contribution < -0.4 is 0 Å². The first-order chi connectivity index (χ1) is 11.7. The van der Waals surface area contributed by atoms with Crippen LogP contribution in [0.5, 0.6) is 0 Å². The number of hydrogen-bond acceptors (Lipinski definition) is 0. The van der Waals surface area contributed by atoms with Crippen LogP contribution in [0.25, 0.3) is 33.0 Å². The molecule has 0 amide bonds. The van der Waals surface area contributed by atoms with Gasteiger partial charge in [-0.25, -0.2) is 0 Å². The smallest absolute Gasteiger partial charge is 0.0412 e. The van der Waals surface area contributed by atoms with Gasteiger partial charge < -0.3 is 0 Å². The first-order valence-corrected chi connectivity index (χ1v) is 8.94. The van der Waals surface area contributed by atoms with E-state index in [2.05, 4.69) is 82.7 Å². The number of halogens is 2. The van der Waals surface area contributed by atoms with E-state index < -0.39 is 0 Å². The zero-order valence-corrected chi connectivity index (χ0v) is 15.2. The third-order valence-corrected chi connectivity index (χ3v) is 5.15. The number of hydrogen-bond donors (Lipinski definition) is 0. The minimum absolute atomic E-state index is 0.749. The Bertz CT molecular complexity index is 1020. The fourth-order valence-electron chi connectivity index (χ4n) is 3.11. The van der Waals surface area contributed by atoms with Crippen LogP contribution in [0.1, 0.15) is 0 Å². The fourth-order valence-corrected chi connectivity index (χ4v) is 3.76. The lowest BCUT2D eigenvalue weighted by atomic mass is 9.91. The highest BCUT2D eigenvalue weighted by Gasteiger charge is 2.12. The maximum absolute atomic E-state index is 6.29. The van der Waals surface area contributed by atoms with Crippen molar-refractivity contribution in [2.75, 3.05) is 0 Å². The molecule has 0 bridgehead atoms. The van der Waals surface area contributed by atoms with Gasteiger partial charge in [-0.3, -0.25) is 0 Å². The fraction of sp³-hybridized carbons (Fsp3) is 0. The molecule has 0 spiro atoms. The van der Waals surface area contributed by atoms with Gasteiger partial charge in [-0.15, -0.1) is 0 Å². The molecular weight excluding hydrogens is 380 g/mol. The Morgan fingerprint density at radius 3 is 2.04 bits per heavy atom. The van der Waals surface area contributed by atoms with Crippen molar-refractivity contribution in [1.82, 2.24) is 0 Å². The van der Waals surface area contributed by atoms with E-state index in [-0.39, 0.29) is 0 Å². The molecule has 0 aliphatic heterocycles. The molecule has 0 aliphatic carbocycles. The number of fused-ring (bicyclic) bond motifs is 1. The van der Waals surface area contributed by atoms with E-state index in [4.69, 9.17) is 11.6 Å². The molecular formula is C22H14BrCl. The topological polar surface area (TPSA) is 0 Å². The second kappa shape index (κ2) is 6.43. The molecule has 4 aromatic rings. The second-order valence-corrected chi connectivity index (χ2v) is 6.99. The molecule has 4 rings (SSSR count). The van der Waals surface area contributed by atoms with Crippen molar-refractivity contribution in [2.45, 2.75) is 0 Å². The zero-order chi connectivity index (χ0) is 16.5. The molecule has 4 aromatic carbocycles. The van der Waals surface area contributed by atoms with Gasteiger partial charge in [0.1, 0.15) is 0 Å². The van der Waals surface area contributed by atoms with Gasteiger partial charge in [-0.2, -0.15) is 0 Å².